The Morgan fingerprint density at radius 1 is 1.15 bits per heavy atom. The summed E-state index contributed by atoms with van der Waals surface area (Å²) >= 11 is 0. The number of hydrogen-bond donors (Lipinski definition) is 2. The molecule has 0 spiro atoms. The molecular weight excluding hydrogens is 248 g/mol. The highest BCUT2D eigenvalue weighted by molar-refractivity contribution is 5.17. The maximum atomic E-state index is 4.35. The van der Waals surface area contributed by atoms with Gasteiger partial charge in [0.2, 0.25) is 0 Å². The lowest BCUT2D eigenvalue weighted by molar-refractivity contribution is 0.331. The first-order chi connectivity index (χ1) is 9.92. The lowest BCUT2D eigenvalue weighted by Gasteiger charge is -2.27. The summed E-state index contributed by atoms with van der Waals surface area (Å²) in [5.41, 5.74) is 1.32. The Hall–Kier alpha value is -1.68. The van der Waals surface area contributed by atoms with E-state index in [2.05, 4.69) is 50.8 Å². The van der Waals surface area contributed by atoms with Crippen LogP contribution in [0, 0.1) is 0 Å². The largest absolute Gasteiger partial charge is 0.304 e. The number of nitrogens with zero attached hydrogens (tertiary/aromatic N) is 2. The second-order valence-corrected chi connectivity index (χ2v) is 5.60. The average molecular weight is 270 g/mol. The topological polar surface area (TPSA) is 53.6 Å². The van der Waals surface area contributed by atoms with Crippen molar-refractivity contribution in [2.24, 2.45) is 0 Å². The molecule has 1 aromatic heterocycles. The molecule has 2 N–H and O–H groups in total. The molecule has 0 saturated heterocycles. The minimum Gasteiger partial charge on any atom is -0.304 e. The molecule has 0 aliphatic heterocycles. The zero-order valence-electron chi connectivity index (χ0n) is 11.8. The van der Waals surface area contributed by atoms with E-state index in [1.54, 1.807) is 6.33 Å². The summed E-state index contributed by atoms with van der Waals surface area (Å²) in [7, 11) is 0. The first-order valence-electron chi connectivity index (χ1n) is 7.57. The van der Waals surface area contributed by atoms with Crippen molar-refractivity contribution < 1.29 is 0 Å². The number of rotatable bonds is 5. The van der Waals surface area contributed by atoms with Crippen molar-refractivity contribution in [3.8, 4) is 0 Å². The van der Waals surface area contributed by atoms with Gasteiger partial charge in [0.15, 0.2) is 5.82 Å². The summed E-state index contributed by atoms with van der Waals surface area (Å²) < 4.78 is 0. The summed E-state index contributed by atoms with van der Waals surface area (Å²) in [6.07, 6.45) is 9.20. The smallest absolute Gasteiger partial charge is 0.167 e. The van der Waals surface area contributed by atoms with E-state index in [4.69, 9.17) is 0 Å². The molecule has 1 aromatic carbocycles. The first-order valence-corrected chi connectivity index (χ1v) is 7.57. The fraction of sp³-hybridized carbons (Fsp3) is 0.500. The Balaban J connectivity index is 1.70. The molecule has 4 nitrogen and oxygen atoms in total. The van der Waals surface area contributed by atoms with Gasteiger partial charge in [0.05, 0.1) is 6.04 Å². The number of hydrogen-bond acceptors (Lipinski definition) is 3. The van der Waals surface area contributed by atoms with E-state index >= 15 is 0 Å². The Morgan fingerprint density at radius 2 is 1.95 bits per heavy atom. The third-order valence-electron chi connectivity index (χ3n) is 4.07. The van der Waals surface area contributed by atoms with Crippen LogP contribution in [0.3, 0.4) is 0 Å². The highest BCUT2D eigenvalue weighted by Crippen LogP contribution is 2.22. The Labute approximate surface area is 120 Å². The zero-order chi connectivity index (χ0) is 13.6. The molecule has 0 amide bonds. The van der Waals surface area contributed by atoms with Crippen LogP contribution in [0.2, 0.25) is 0 Å². The van der Waals surface area contributed by atoms with E-state index in [1.165, 1.54) is 37.7 Å². The molecule has 1 saturated carbocycles. The van der Waals surface area contributed by atoms with Crippen molar-refractivity contribution >= 4 is 0 Å². The van der Waals surface area contributed by atoms with E-state index in [0.717, 1.165) is 12.2 Å². The van der Waals surface area contributed by atoms with Crippen LogP contribution in [0.5, 0.6) is 0 Å². The van der Waals surface area contributed by atoms with Crippen LogP contribution in [-0.2, 0) is 6.42 Å². The van der Waals surface area contributed by atoms with Gasteiger partial charge in [0.1, 0.15) is 6.33 Å². The van der Waals surface area contributed by atoms with E-state index in [-0.39, 0.29) is 6.04 Å². The molecule has 1 heterocycles. The SMILES string of the molecule is c1ccc(CC(NC2CCCCC2)c2nc[nH]n2)cc1. The van der Waals surface area contributed by atoms with Crippen molar-refractivity contribution in [3.63, 3.8) is 0 Å². The number of aromatic amines is 1. The quantitative estimate of drug-likeness (QED) is 0.878. The summed E-state index contributed by atoms with van der Waals surface area (Å²) in [5.74, 6) is 0.874. The van der Waals surface area contributed by atoms with Crippen LogP contribution in [0.1, 0.15) is 49.5 Å². The summed E-state index contributed by atoms with van der Waals surface area (Å²) in [4.78, 5) is 4.35. The fourth-order valence-electron chi connectivity index (χ4n) is 3.02. The molecule has 106 valence electrons. The normalized spacial score (nSPS) is 18.0. The third kappa shape index (κ3) is 3.45. The monoisotopic (exact) mass is 270 g/mol. The molecular formula is C16H22N4. The van der Waals surface area contributed by atoms with Crippen molar-refractivity contribution in [2.45, 2.75) is 50.6 Å². The maximum absolute atomic E-state index is 4.35. The molecule has 2 aromatic rings. The number of H-pyrrole nitrogens is 1. The summed E-state index contributed by atoms with van der Waals surface area (Å²) in [6, 6.07) is 11.4. The van der Waals surface area contributed by atoms with Gasteiger partial charge in [-0.15, -0.1) is 0 Å². The minimum absolute atomic E-state index is 0.201. The molecule has 1 unspecified atom stereocenters. The van der Waals surface area contributed by atoms with Crippen LogP contribution in [0.25, 0.3) is 0 Å². The highest BCUT2D eigenvalue weighted by atomic mass is 15.2. The lowest BCUT2D eigenvalue weighted by atomic mass is 9.94. The van der Waals surface area contributed by atoms with Gasteiger partial charge in [-0.1, -0.05) is 49.6 Å². The van der Waals surface area contributed by atoms with Gasteiger partial charge in [-0.25, -0.2) is 4.98 Å². The highest BCUT2D eigenvalue weighted by Gasteiger charge is 2.21. The molecule has 1 aliphatic carbocycles. The molecule has 0 bridgehead atoms. The van der Waals surface area contributed by atoms with E-state index in [9.17, 15) is 0 Å². The van der Waals surface area contributed by atoms with Crippen LogP contribution in [0.4, 0.5) is 0 Å². The number of aromatic nitrogens is 3. The van der Waals surface area contributed by atoms with E-state index in [0.29, 0.717) is 6.04 Å². The molecule has 0 radical (unpaired) electrons. The minimum atomic E-state index is 0.201. The lowest BCUT2D eigenvalue weighted by Crippen LogP contribution is -2.36. The number of benzene rings is 1. The van der Waals surface area contributed by atoms with Gasteiger partial charge in [-0.2, -0.15) is 5.10 Å². The molecule has 4 heteroatoms. The maximum Gasteiger partial charge on any atom is 0.167 e. The number of nitrogens with one attached hydrogen (secondary N) is 2. The van der Waals surface area contributed by atoms with Crippen molar-refractivity contribution in [3.05, 3.63) is 48.0 Å². The van der Waals surface area contributed by atoms with Gasteiger partial charge >= 0.3 is 0 Å². The van der Waals surface area contributed by atoms with Gasteiger partial charge in [0, 0.05) is 6.04 Å². The van der Waals surface area contributed by atoms with Crippen molar-refractivity contribution in [1.82, 2.24) is 20.5 Å². The Morgan fingerprint density at radius 3 is 2.65 bits per heavy atom. The van der Waals surface area contributed by atoms with Crippen LogP contribution in [0.15, 0.2) is 36.7 Å². The van der Waals surface area contributed by atoms with Gasteiger partial charge < -0.3 is 5.32 Å². The molecule has 1 fully saturated rings. The predicted molar refractivity (Wildman–Crippen MR) is 79.3 cm³/mol. The van der Waals surface area contributed by atoms with Crippen molar-refractivity contribution in [2.75, 3.05) is 0 Å². The van der Waals surface area contributed by atoms with E-state index < -0.39 is 0 Å². The Bertz CT molecular complexity index is 488. The molecule has 20 heavy (non-hydrogen) atoms. The second-order valence-electron chi connectivity index (χ2n) is 5.60. The predicted octanol–water partition coefficient (Wildman–Crippen LogP) is 3.01. The van der Waals surface area contributed by atoms with Gasteiger partial charge in [-0.05, 0) is 24.8 Å². The summed E-state index contributed by atoms with van der Waals surface area (Å²) in [6.45, 7) is 0. The Kier molecular flexibility index (Phi) is 4.43. The van der Waals surface area contributed by atoms with Crippen molar-refractivity contribution in [1.29, 1.82) is 0 Å². The summed E-state index contributed by atoms with van der Waals surface area (Å²) in [5, 5.41) is 10.9. The van der Waals surface area contributed by atoms with Crippen LogP contribution < -0.4 is 5.32 Å². The van der Waals surface area contributed by atoms with E-state index in [1.807, 2.05) is 0 Å². The van der Waals surface area contributed by atoms with Crippen LogP contribution >= 0.6 is 0 Å². The molecule has 3 rings (SSSR count). The van der Waals surface area contributed by atoms with Crippen LogP contribution in [-0.4, -0.2) is 21.2 Å². The van der Waals surface area contributed by atoms with Gasteiger partial charge in [0.25, 0.3) is 0 Å². The second kappa shape index (κ2) is 6.66. The van der Waals surface area contributed by atoms with Gasteiger partial charge in [-0.3, -0.25) is 5.10 Å². The first kappa shape index (κ1) is 13.3. The molecule has 1 aliphatic rings. The average Bonchev–Trinajstić information content (AvgIpc) is 3.03. The fourth-order valence-corrected chi connectivity index (χ4v) is 3.02. The third-order valence-corrected chi connectivity index (χ3v) is 4.07. The molecule has 1 atom stereocenters. The standard InChI is InChI=1S/C16H22N4/c1-3-7-13(8-4-1)11-15(16-17-12-18-20-16)19-14-9-5-2-6-10-14/h1,3-4,7-8,12,14-15,19H,2,5-6,9-11H2,(H,17,18,20). The zero-order valence-corrected chi connectivity index (χ0v) is 11.8.